The average molecular weight is 252 g/mol. The van der Waals surface area contributed by atoms with Gasteiger partial charge in [0.25, 0.3) is 10.0 Å². The Morgan fingerprint density at radius 2 is 2.33 bits per heavy atom. The molecule has 0 fully saturated rings. The van der Waals surface area contributed by atoms with Crippen molar-refractivity contribution in [3.05, 3.63) is 12.5 Å². The molecule has 7 heteroatoms. The number of aryl methyl sites for hydroxylation is 1. The summed E-state index contributed by atoms with van der Waals surface area (Å²) in [5.41, 5.74) is 0. The fourth-order valence-electron chi connectivity index (χ4n) is 0.946. The molecule has 5 nitrogen and oxygen atoms in total. The van der Waals surface area contributed by atoms with Gasteiger partial charge in [-0.1, -0.05) is 6.92 Å². The molecule has 1 rings (SSSR count). The molecular weight excluding hydrogens is 238 g/mol. The molecule has 0 bridgehead atoms. The number of aromatic nitrogens is 2. The molecule has 0 spiro atoms. The maximum absolute atomic E-state index is 11.6. The van der Waals surface area contributed by atoms with Crippen LogP contribution in [-0.2, 0) is 17.1 Å². The first-order valence-electron chi connectivity index (χ1n) is 4.57. The monoisotopic (exact) mass is 251 g/mol. The molecule has 1 N–H and O–H groups in total. The molecule has 0 radical (unpaired) electrons. The molecule has 86 valence electrons. The number of imidazole rings is 1. The minimum absolute atomic E-state index is 0.0185. The predicted molar refractivity (Wildman–Crippen MR) is 58.3 cm³/mol. The lowest BCUT2D eigenvalue weighted by molar-refractivity contribution is 0.575. The topological polar surface area (TPSA) is 64.0 Å². The van der Waals surface area contributed by atoms with Crippen molar-refractivity contribution in [2.75, 3.05) is 6.54 Å². The van der Waals surface area contributed by atoms with E-state index in [-0.39, 0.29) is 16.9 Å². The zero-order valence-corrected chi connectivity index (χ0v) is 10.2. The Bertz CT molecular complexity index is 415. The van der Waals surface area contributed by atoms with E-state index in [1.165, 1.54) is 12.5 Å². The fourth-order valence-corrected chi connectivity index (χ4v) is 2.17. The van der Waals surface area contributed by atoms with Crippen molar-refractivity contribution in [2.45, 2.75) is 23.7 Å². The second-order valence-corrected chi connectivity index (χ2v) is 5.57. The summed E-state index contributed by atoms with van der Waals surface area (Å²) in [7, 11) is -1.80. The van der Waals surface area contributed by atoms with Crippen LogP contribution in [-0.4, -0.2) is 29.9 Å². The summed E-state index contributed by atoms with van der Waals surface area (Å²) >= 11 is 5.81. The number of nitrogens with one attached hydrogen (secondary N) is 1. The molecular formula is C8H14ClN3O2S. The van der Waals surface area contributed by atoms with Crippen LogP contribution in [0.3, 0.4) is 0 Å². The van der Waals surface area contributed by atoms with Crippen molar-refractivity contribution in [1.29, 1.82) is 0 Å². The van der Waals surface area contributed by atoms with Crippen LogP contribution in [0.15, 0.2) is 17.6 Å². The van der Waals surface area contributed by atoms with Crippen LogP contribution < -0.4 is 4.72 Å². The smallest absolute Gasteiger partial charge is 0.259 e. The second-order valence-electron chi connectivity index (χ2n) is 3.23. The Balaban J connectivity index is 2.68. The third kappa shape index (κ3) is 3.48. The lowest BCUT2D eigenvalue weighted by atomic mass is 10.3. The molecule has 1 atom stereocenters. The van der Waals surface area contributed by atoms with Gasteiger partial charge < -0.3 is 4.57 Å². The maximum Gasteiger partial charge on any atom is 0.259 e. The second kappa shape index (κ2) is 4.96. The van der Waals surface area contributed by atoms with E-state index in [4.69, 9.17) is 11.6 Å². The van der Waals surface area contributed by atoms with E-state index in [9.17, 15) is 8.42 Å². The summed E-state index contributed by atoms with van der Waals surface area (Å²) in [6.45, 7) is 2.11. The average Bonchev–Trinajstić information content (AvgIpc) is 2.62. The van der Waals surface area contributed by atoms with Crippen molar-refractivity contribution in [3.63, 3.8) is 0 Å². The Labute approximate surface area is 94.5 Å². The molecule has 0 aliphatic rings. The molecule has 0 saturated carbocycles. The van der Waals surface area contributed by atoms with Gasteiger partial charge in [0.1, 0.15) is 0 Å². The van der Waals surface area contributed by atoms with Crippen LogP contribution in [0.25, 0.3) is 0 Å². The van der Waals surface area contributed by atoms with Crippen molar-refractivity contribution >= 4 is 21.6 Å². The highest BCUT2D eigenvalue weighted by Gasteiger charge is 2.17. The summed E-state index contributed by atoms with van der Waals surface area (Å²) < 4.78 is 27.2. The van der Waals surface area contributed by atoms with E-state index in [0.717, 1.165) is 0 Å². The summed E-state index contributed by atoms with van der Waals surface area (Å²) in [4.78, 5) is 3.76. The van der Waals surface area contributed by atoms with Gasteiger partial charge in [-0.25, -0.2) is 18.1 Å². The zero-order chi connectivity index (χ0) is 11.5. The van der Waals surface area contributed by atoms with Gasteiger partial charge in [-0.05, 0) is 6.42 Å². The number of rotatable bonds is 5. The number of nitrogens with zero attached hydrogens (tertiary/aromatic N) is 2. The first-order chi connectivity index (χ1) is 6.95. The Hall–Kier alpha value is -0.590. The van der Waals surface area contributed by atoms with Crippen LogP contribution in [0.5, 0.6) is 0 Å². The maximum atomic E-state index is 11.6. The number of hydrogen-bond acceptors (Lipinski definition) is 3. The highest BCUT2D eigenvalue weighted by molar-refractivity contribution is 7.89. The van der Waals surface area contributed by atoms with E-state index in [2.05, 4.69) is 9.71 Å². The fraction of sp³-hybridized carbons (Fsp3) is 0.625. The Morgan fingerprint density at radius 3 is 2.80 bits per heavy atom. The van der Waals surface area contributed by atoms with Crippen molar-refractivity contribution < 1.29 is 8.42 Å². The van der Waals surface area contributed by atoms with Crippen LogP contribution in [0.4, 0.5) is 0 Å². The predicted octanol–water partition coefficient (Wildman–Crippen LogP) is 0.716. The van der Waals surface area contributed by atoms with Gasteiger partial charge in [0.15, 0.2) is 5.03 Å². The van der Waals surface area contributed by atoms with Gasteiger partial charge >= 0.3 is 0 Å². The summed E-state index contributed by atoms with van der Waals surface area (Å²) in [6, 6.07) is 0. The summed E-state index contributed by atoms with van der Waals surface area (Å²) in [5.74, 6) is 0. The highest BCUT2D eigenvalue weighted by atomic mass is 35.5. The van der Waals surface area contributed by atoms with Gasteiger partial charge in [-0.2, -0.15) is 0 Å². The van der Waals surface area contributed by atoms with Gasteiger partial charge in [0.05, 0.1) is 6.33 Å². The zero-order valence-electron chi connectivity index (χ0n) is 8.64. The molecule has 0 aliphatic heterocycles. The normalized spacial score (nSPS) is 14.1. The minimum Gasteiger partial charge on any atom is -0.339 e. The molecule has 15 heavy (non-hydrogen) atoms. The Morgan fingerprint density at radius 1 is 1.67 bits per heavy atom. The quantitative estimate of drug-likeness (QED) is 0.785. The Kier molecular flexibility index (Phi) is 4.12. The van der Waals surface area contributed by atoms with Crippen LogP contribution in [0, 0.1) is 0 Å². The third-order valence-electron chi connectivity index (χ3n) is 1.89. The number of halogens is 1. The van der Waals surface area contributed by atoms with Crippen LogP contribution in [0.1, 0.15) is 13.3 Å². The van der Waals surface area contributed by atoms with E-state index in [1.807, 2.05) is 6.92 Å². The first-order valence-corrected chi connectivity index (χ1v) is 6.49. The molecule has 1 unspecified atom stereocenters. The molecule has 0 aromatic carbocycles. The van der Waals surface area contributed by atoms with Gasteiger partial charge in [-0.15, -0.1) is 11.6 Å². The third-order valence-corrected chi connectivity index (χ3v) is 3.67. The highest BCUT2D eigenvalue weighted by Crippen LogP contribution is 2.05. The number of sulfonamides is 1. The van der Waals surface area contributed by atoms with E-state index in [1.54, 1.807) is 11.6 Å². The van der Waals surface area contributed by atoms with Crippen molar-refractivity contribution in [2.24, 2.45) is 7.05 Å². The number of hydrogen-bond donors (Lipinski definition) is 1. The number of alkyl halides is 1. The minimum atomic E-state index is -3.51. The van der Waals surface area contributed by atoms with E-state index >= 15 is 0 Å². The summed E-state index contributed by atoms with van der Waals surface area (Å²) in [6.07, 6.45) is 3.59. The lowest BCUT2D eigenvalue weighted by Crippen LogP contribution is -2.29. The SMILES string of the molecule is CCC(Cl)CNS(=O)(=O)c1cn(C)cn1. The first kappa shape index (κ1) is 12.5. The van der Waals surface area contributed by atoms with E-state index < -0.39 is 10.0 Å². The summed E-state index contributed by atoms with van der Waals surface area (Å²) in [5, 5.41) is -0.173. The molecule has 0 aliphatic carbocycles. The van der Waals surface area contributed by atoms with Gasteiger partial charge in [0, 0.05) is 25.2 Å². The van der Waals surface area contributed by atoms with E-state index in [0.29, 0.717) is 6.42 Å². The molecule has 1 aromatic heterocycles. The lowest BCUT2D eigenvalue weighted by Gasteiger charge is -2.07. The van der Waals surface area contributed by atoms with Crippen LogP contribution >= 0.6 is 11.6 Å². The standard InChI is InChI=1S/C8H14ClN3O2S/c1-3-7(9)4-11-15(13,14)8-5-12(2)6-10-8/h5-7,11H,3-4H2,1-2H3. The van der Waals surface area contributed by atoms with Crippen molar-refractivity contribution in [3.8, 4) is 0 Å². The van der Waals surface area contributed by atoms with Gasteiger partial charge in [0.2, 0.25) is 0 Å². The van der Waals surface area contributed by atoms with Gasteiger partial charge in [-0.3, -0.25) is 0 Å². The molecule has 0 amide bonds. The molecule has 1 aromatic rings. The van der Waals surface area contributed by atoms with Crippen LogP contribution in [0.2, 0.25) is 0 Å². The largest absolute Gasteiger partial charge is 0.339 e. The van der Waals surface area contributed by atoms with Crippen molar-refractivity contribution in [1.82, 2.24) is 14.3 Å². The molecule has 0 saturated heterocycles. The molecule has 1 heterocycles.